The largest absolute Gasteiger partial charge is 0.367 e. The minimum absolute atomic E-state index is 0.229. The standard InChI is InChI=1S/C11H13FN4O/c1-16(9-4-2-8(12)3-5-9)7-10-14-11(6-13)17-15-10/h2-5H,6-7,13H2,1H3. The lowest BCUT2D eigenvalue weighted by Gasteiger charge is -2.16. The molecule has 2 rings (SSSR count). The number of halogens is 1. The molecule has 6 heteroatoms. The van der Waals surface area contributed by atoms with Crippen molar-refractivity contribution in [3.05, 3.63) is 41.8 Å². The van der Waals surface area contributed by atoms with Crippen LogP contribution in [0.2, 0.25) is 0 Å². The number of benzene rings is 1. The lowest BCUT2D eigenvalue weighted by atomic mass is 10.3. The quantitative estimate of drug-likeness (QED) is 0.866. The Morgan fingerprint density at radius 1 is 1.35 bits per heavy atom. The van der Waals surface area contributed by atoms with E-state index >= 15 is 0 Å². The molecule has 0 spiro atoms. The molecule has 0 atom stereocenters. The summed E-state index contributed by atoms with van der Waals surface area (Å²) in [5, 5.41) is 3.79. The van der Waals surface area contributed by atoms with Crippen LogP contribution in [0.25, 0.3) is 0 Å². The first-order chi connectivity index (χ1) is 8.19. The van der Waals surface area contributed by atoms with Gasteiger partial charge in [0.25, 0.3) is 0 Å². The van der Waals surface area contributed by atoms with E-state index in [1.807, 2.05) is 11.9 Å². The van der Waals surface area contributed by atoms with E-state index in [1.165, 1.54) is 12.1 Å². The minimum atomic E-state index is -0.257. The van der Waals surface area contributed by atoms with Crippen molar-refractivity contribution in [3.63, 3.8) is 0 Å². The predicted octanol–water partition coefficient (Wildman–Crippen LogP) is 1.30. The third-order valence-corrected chi connectivity index (χ3v) is 2.33. The molecule has 0 fully saturated rings. The second kappa shape index (κ2) is 4.92. The molecule has 1 heterocycles. The second-order valence-electron chi connectivity index (χ2n) is 3.64. The third kappa shape index (κ3) is 2.79. The Balaban J connectivity index is 2.05. The maximum Gasteiger partial charge on any atom is 0.240 e. The smallest absolute Gasteiger partial charge is 0.240 e. The number of hydrogen-bond donors (Lipinski definition) is 1. The normalized spacial score (nSPS) is 10.5. The molecule has 0 radical (unpaired) electrons. The van der Waals surface area contributed by atoms with E-state index in [9.17, 15) is 4.39 Å². The van der Waals surface area contributed by atoms with Crippen LogP contribution in [0.4, 0.5) is 10.1 Å². The van der Waals surface area contributed by atoms with Gasteiger partial charge in [-0.05, 0) is 24.3 Å². The monoisotopic (exact) mass is 236 g/mol. The van der Waals surface area contributed by atoms with Gasteiger partial charge in [0.15, 0.2) is 5.82 Å². The van der Waals surface area contributed by atoms with Crippen LogP contribution in [0.1, 0.15) is 11.7 Å². The molecule has 0 bridgehead atoms. The van der Waals surface area contributed by atoms with Gasteiger partial charge >= 0.3 is 0 Å². The highest BCUT2D eigenvalue weighted by Crippen LogP contribution is 2.14. The maximum absolute atomic E-state index is 12.8. The van der Waals surface area contributed by atoms with E-state index in [0.717, 1.165) is 5.69 Å². The molecule has 1 aromatic heterocycles. The summed E-state index contributed by atoms with van der Waals surface area (Å²) in [4.78, 5) is 5.99. The molecule has 2 N–H and O–H groups in total. The highest BCUT2D eigenvalue weighted by atomic mass is 19.1. The van der Waals surface area contributed by atoms with E-state index < -0.39 is 0 Å². The fourth-order valence-corrected chi connectivity index (χ4v) is 1.44. The number of rotatable bonds is 4. The highest BCUT2D eigenvalue weighted by Gasteiger charge is 2.08. The van der Waals surface area contributed by atoms with Crippen molar-refractivity contribution in [1.29, 1.82) is 0 Å². The first-order valence-electron chi connectivity index (χ1n) is 5.17. The zero-order chi connectivity index (χ0) is 12.3. The van der Waals surface area contributed by atoms with Crippen LogP contribution in [0.15, 0.2) is 28.8 Å². The Morgan fingerprint density at radius 2 is 2.06 bits per heavy atom. The molecule has 0 aliphatic carbocycles. The van der Waals surface area contributed by atoms with Crippen molar-refractivity contribution in [1.82, 2.24) is 10.1 Å². The lowest BCUT2D eigenvalue weighted by molar-refractivity contribution is 0.374. The Kier molecular flexibility index (Phi) is 3.34. The summed E-state index contributed by atoms with van der Waals surface area (Å²) < 4.78 is 17.7. The number of hydrogen-bond acceptors (Lipinski definition) is 5. The van der Waals surface area contributed by atoms with Crippen molar-refractivity contribution in [2.24, 2.45) is 5.73 Å². The summed E-state index contributed by atoms with van der Waals surface area (Å²) >= 11 is 0. The van der Waals surface area contributed by atoms with Crippen LogP contribution >= 0.6 is 0 Å². The van der Waals surface area contributed by atoms with Crippen molar-refractivity contribution >= 4 is 5.69 Å². The third-order valence-electron chi connectivity index (χ3n) is 2.33. The van der Waals surface area contributed by atoms with Crippen molar-refractivity contribution in [2.75, 3.05) is 11.9 Å². The molecule has 0 unspecified atom stereocenters. The Bertz CT molecular complexity index is 482. The van der Waals surface area contributed by atoms with Gasteiger partial charge in [-0.2, -0.15) is 4.98 Å². The summed E-state index contributed by atoms with van der Waals surface area (Å²) in [6.45, 7) is 0.711. The summed E-state index contributed by atoms with van der Waals surface area (Å²) in [7, 11) is 1.87. The molecule has 1 aromatic carbocycles. The molecule has 0 aliphatic rings. The van der Waals surface area contributed by atoms with E-state index in [2.05, 4.69) is 10.1 Å². The summed E-state index contributed by atoms with van der Waals surface area (Å²) in [5.41, 5.74) is 6.25. The molecule has 17 heavy (non-hydrogen) atoms. The topological polar surface area (TPSA) is 68.2 Å². The number of aromatic nitrogens is 2. The Labute approximate surface area is 98.0 Å². The van der Waals surface area contributed by atoms with Crippen LogP contribution < -0.4 is 10.6 Å². The summed E-state index contributed by atoms with van der Waals surface area (Å²) in [6.07, 6.45) is 0. The Hall–Kier alpha value is -1.95. The molecule has 5 nitrogen and oxygen atoms in total. The van der Waals surface area contributed by atoms with Gasteiger partial charge in [-0.3, -0.25) is 0 Å². The molecule has 2 aromatic rings. The number of nitrogens with two attached hydrogens (primary N) is 1. The van der Waals surface area contributed by atoms with Gasteiger partial charge in [-0.1, -0.05) is 5.16 Å². The summed E-state index contributed by atoms with van der Waals surface area (Å²) in [5.74, 6) is 0.705. The van der Waals surface area contributed by atoms with Gasteiger partial charge in [0.1, 0.15) is 5.82 Å². The summed E-state index contributed by atoms with van der Waals surface area (Å²) in [6, 6.07) is 6.21. The van der Waals surface area contributed by atoms with Crippen LogP contribution in [0, 0.1) is 5.82 Å². The van der Waals surface area contributed by atoms with Crippen LogP contribution in [-0.4, -0.2) is 17.2 Å². The van der Waals surface area contributed by atoms with Gasteiger partial charge in [0.05, 0.1) is 13.1 Å². The SMILES string of the molecule is CN(Cc1noc(CN)n1)c1ccc(F)cc1. The lowest BCUT2D eigenvalue weighted by Crippen LogP contribution is -2.17. The molecule has 0 saturated carbocycles. The first-order valence-corrected chi connectivity index (χ1v) is 5.17. The maximum atomic E-state index is 12.8. The van der Waals surface area contributed by atoms with Crippen molar-refractivity contribution < 1.29 is 8.91 Å². The molecule has 0 saturated heterocycles. The molecular weight excluding hydrogens is 223 g/mol. The fourth-order valence-electron chi connectivity index (χ4n) is 1.44. The first kappa shape index (κ1) is 11.5. The number of anilines is 1. The average Bonchev–Trinajstić information content (AvgIpc) is 2.77. The molecule has 0 amide bonds. The van der Waals surface area contributed by atoms with Gasteiger partial charge < -0.3 is 15.2 Å². The highest BCUT2D eigenvalue weighted by molar-refractivity contribution is 5.45. The fraction of sp³-hybridized carbons (Fsp3) is 0.273. The second-order valence-corrected chi connectivity index (χ2v) is 3.64. The molecular formula is C11H13FN4O. The average molecular weight is 236 g/mol. The Morgan fingerprint density at radius 3 is 2.65 bits per heavy atom. The van der Waals surface area contributed by atoms with E-state index in [0.29, 0.717) is 18.3 Å². The molecule has 90 valence electrons. The van der Waals surface area contributed by atoms with Crippen LogP contribution in [0.5, 0.6) is 0 Å². The van der Waals surface area contributed by atoms with Gasteiger partial charge in [-0.15, -0.1) is 0 Å². The number of nitrogens with zero attached hydrogens (tertiary/aromatic N) is 3. The van der Waals surface area contributed by atoms with Gasteiger partial charge in [0.2, 0.25) is 5.89 Å². The van der Waals surface area contributed by atoms with Gasteiger partial charge in [-0.25, -0.2) is 4.39 Å². The van der Waals surface area contributed by atoms with Crippen LogP contribution in [0.3, 0.4) is 0 Å². The molecule has 0 aliphatic heterocycles. The zero-order valence-electron chi connectivity index (χ0n) is 9.43. The zero-order valence-corrected chi connectivity index (χ0v) is 9.43. The predicted molar refractivity (Wildman–Crippen MR) is 60.7 cm³/mol. The van der Waals surface area contributed by atoms with Crippen LogP contribution in [-0.2, 0) is 13.1 Å². The van der Waals surface area contributed by atoms with Crippen molar-refractivity contribution in [3.8, 4) is 0 Å². The van der Waals surface area contributed by atoms with Crippen molar-refractivity contribution in [2.45, 2.75) is 13.1 Å². The van der Waals surface area contributed by atoms with E-state index in [4.69, 9.17) is 10.3 Å². The minimum Gasteiger partial charge on any atom is -0.367 e. The van der Waals surface area contributed by atoms with E-state index in [1.54, 1.807) is 12.1 Å². The van der Waals surface area contributed by atoms with E-state index in [-0.39, 0.29) is 12.4 Å². The van der Waals surface area contributed by atoms with Gasteiger partial charge in [0, 0.05) is 12.7 Å².